The lowest BCUT2D eigenvalue weighted by atomic mass is 9.71. The number of hydrogen-bond acceptors (Lipinski definition) is 1. The highest BCUT2D eigenvalue weighted by Crippen LogP contribution is 2.35. The Bertz CT molecular complexity index is 163. The molecule has 0 heterocycles. The molecule has 0 aromatic carbocycles. The normalized spacial score (nSPS) is 14.8. The van der Waals surface area contributed by atoms with Crippen molar-refractivity contribution in [2.75, 3.05) is 13.1 Å². The fraction of sp³-hybridized carbons (Fsp3) is 1.00. The molecule has 1 nitrogen and oxygen atoms in total. The predicted octanol–water partition coefficient (Wildman–Crippen LogP) is 4.33. The summed E-state index contributed by atoms with van der Waals surface area (Å²) in [6.45, 7) is 18.7. The van der Waals surface area contributed by atoms with E-state index in [4.69, 9.17) is 0 Å². The van der Waals surface area contributed by atoms with Crippen molar-refractivity contribution in [1.82, 2.24) is 5.32 Å². The van der Waals surface area contributed by atoms with Gasteiger partial charge in [-0.2, -0.15) is 0 Å². The molecule has 0 saturated carbocycles. The van der Waals surface area contributed by atoms with E-state index in [1.807, 2.05) is 0 Å². The lowest BCUT2D eigenvalue weighted by Crippen LogP contribution is -2.38. The van der Waals surface area contributed by atoms with Crippen molar-refractivity contribution >= 4 is 0 Å². The van der Waals surface area contributed by atoms with Gasteiger partial charge in [0.1, 0.15) is 0 Å². The molecule has 0 bridgehead atoms. The van der Waals surface area contributed by atoms with Crippen molar-refractivity contribution in [2.24, 2.45) is 23.2 Å². The Morgan fingerprint density at radius 3 is 1.75 bits per heavy atom. The lowest BCUT2D eigenvalue weighted by Gasteiger charge is -2.37. The molecular formula is C15H33N. The van der Waals surface area contributed by atoms with Crippen LogP contribution in [0.3, 0.4) is 0 Å². The fourth-order valence-electron chi connectivity index (χ4n) is 2.57. The van der Waals surface area contributed by atoms with Crippen molar-refractivity contribution in [3.63, 3.8) is 0 Å². The van der Waals surface area contributed by atoms with Crippen LogP contribution in [0.2, 0.25) is 0 Å². The van der Waals surface area contributed by atoms with Crippen LogP contribution in [-0.4, -0.2) is 13.1 Å². The molecule has 1 unspecified atom stereocenters. The molecule has 0 aliphatic carbocycles. The second kappa shape index (κ2) is 7.32. The van der Waals surface area contributed by atoms with Crippen LogP contribution in [0.25, 0.3) is 0 Å². The van der Waals surface area contributed by atoms with Crippen molar-refractivity contribution in [1.29, 1.82) is 0 Å². The molecule has 0 rings (SSSR count). The molecule has 0 amide bonds. The minimum atomic E-state index is 0.417. The molecule has 1 N–H and O–H groups in total. The highest BCUT2D eigenvalue weighted by molar-refractivity contribution is 4.81. The first-order valence-corrected chi connectivity index (χ1v) is 7.03. The van der Waals surface area contributed by atoms with Crippen LogP contribution in [-0.2, 0) is 0 Å². The Hall–Kier alpha value is -0.0400. The Labute approximate surface area is 103 Å². The summed E-state index contributed by atoms with van der Waals surface area (Å²) >= 11 is 0. The molecule has 0 aliphatic rings. The van der Waals surface area contributed by atoms with Gasteiger partial charge in [-0.1, -0.05) is 61.3 Å². The largest absolute Gasteiger partial charge is 0.316 e. The zero-order chi connectivity index (χ0) is 12.8. The monoisotopic (exact) mass is 227 g/mol. The maximum Gasteiger partial charge on any atom is -0.00128 e. The van der Waals surface area contributed by atoms with Gasteiger partial charge in [-0.05, 0) is 36.3 Å². The molecule has 1 atom stereocenters. The maximum absolute atomic E-state index is 3.64. The summed E-state index contributed by atoms with van der Waals surface area (Å²) in [4.78, 5) is 0. The minimum absolute atomic E-state index is 0.417. The summed E-state index contributed by atoms with van der Waals surface area (Å²) in [5.41, 5.74) is 0.417. The number of nitrogens with one attached hydrogen (secondary N) is 1. The van der Waals surface area contributed by atoms with Crippen LogP contribution in [0.4, 0.5) is 0 Å². The molecule has 1 heteroatoms. The van der Waals surface area contributed by atoms with Crippen LogP contribution in [0.5, 0.6) is 0 Å². The van der Waals surface area contributed by atoms with Crippen LogP contribution >= 0.6 is 0 Å². The van der Waals surface area contributed by atoms with E-state index in [9.17, 15) is 0 Å². The summed E-state index contributed by atoms with van der Waals surface area (Å²) in [5, 5.41) is 3.64. The van der Waals surface area contributed by atoms with E-state index < -0.39 is 0 Å². The molecule has 0 spiro atoms. The Kier molecular flexibility index (Phi) is 7.30. The van der Waals surface area contributed by atoms with E-state index in [2.05, 4.69) is 53.8 Å². The maximum atomic E-state index is 3.64. The van der Waals surface area contributed by atoms with E-state index in [0.29, 0.717) is 5.41 Å². The molecule has 0 saturated heterocycles. The summed E-state index contributed by atoms with van der Waals surface area (Å²) in [5.74, 6) is 2.41. The second-order valence-corrected chi connectivity index (χ2v) is 6.60. The van der Waals surface area contributed by atoms with Crippen LogP contribution < -0.4 is 5.32 Å². The van der Waals surface area contributed by atoms with Crippen molar-refractivity contribution in [3.05, 3.63) is 0 Å². The highest BCUT2D eigenvalue weighted by Gasteiger charge is 2.29. The zero-order valence-corrected chi connectivity index (χ0v) is 12.6. The van der Waals surface area contributed by atoms with Crippen LogP contribution in [0.15, 0.2) is 0 Å². The average molecular weight is 227 g/mol. The third-order valence-electron chi connectivity index (χ3n) is 3.65. The van der Waals surface area contributed by atoms with E-state index in [0.717, 1.165) is 24.3 Å². The summed E-state index contributed by atoms with van der Waals surface area (Å²) < 4.78 is 0. The summed E-state index contributed by atoms with van der Waals surface area (Å²) in [7, 11) is 0. The molecule has 0 radical (unpaired) electrons. The van der Waals surface area contributed by atoms with Gasteiger partial charge in [0.05, 0.1) is 0 Å². The first-order valence-electron chi connectivity index (χ1n) is 7.03. The summed E-state index contributed by atoms with van der Waals surface area (Å²) in [6.07, 6.45) is 2.61. The van der Waals surface area contributed by atoms with Crippen molar-refractivity contribution < 1.29 is 0 Å². The number of hydrogen-bond donors (Lipinski definition) is 1. The molecule has 0 fully saturated rings. The number of rotatable bonds is 7. The minimum Gasteiger partial charge on any atom is -0.316 e. The Balaban J connectivity index is 4.32. The van der Waals surface area contributed by atoms with E-state index in [1.165, 1.54) is 19.4 Å². The molecule has 0 aliphatic heterocycles. The van der Waals surface area contributed by atoms with Crippen molar-refractivity contribution in [2.45, 2.75) is 61.3 Å². The Morgan fingerprint density at radius 1 is 0.938 bits per heavy atom. The molecule has 98 valence electrons. The molecule has 0 aromatic heterocycles. The molecular weight excluding hydrogens is 194 g/mol. The van der Waals surface area contributed by atoms with Gasteiger partial charge in [-0.15, -0.1) is 0 Å². The average Bonchev–Trinajstić information content (AvgIpc) is 2.15. The second-order valence-electron chi connectivity index (χ2n) is 6.60. The SMILES string of the molecule is CCC(CC)C(CNCC(C)C)C(C)(C)C. The molecule has 16 heavy (non-hydrogen) atoms. The standard InChI is InChI=1S/C15H33N/c1-8-13(9-2)14(15(5,6)7)11-16-10-12(3)4/h12-14,16H,8-11H2,1-7H3. The van der Waals surface area contributed by atoms with Crippen LogP contribution in [0, 0.1) is 23.2 Å². The van der Waals surface area contributed by atoms with Gasteiger partial charge in [-0.25, -0.2) is 0 Å². The van der Waals surface area contributed by atoms with Gasteiger partial charge in [0.2, 0.25) is 0 Å². The first kappa shape index (κ1) is 16.0. The lowest BCUT2D eigenvalue weighted by molar-refractivity contribution is 0.144. The molecule has 0 aromatic rings. The predicted molar refractivity (Wildman–Crippen MR) is 74.7 cm³/mol. The first-order chi connectivity index (χ1) is 7.32. The Morgan fingerprint density at radius 2 is 1.44 bits per heavy atom. The van der Waals surface area contributed by atoms with Gasteiger partial charge in [0.25, 0.3) is 0 Å². The van der Waals surface area contributed by atoms with Gasteiger partial charge in [-0.3, -0.25) is 0 Å². The fourth-order valence-corrected chi connectivity index (χ4v) is 2.57. The van der Waals surface area contributed by atoms with E-state index >= 15 is 0 Å². The smallest absolute Gasteiger partial charge is 0.00128 e. The van der Waals surface area contributed by atoms with Gasteiger partial charge in [0, 0.05) is 0 Å². The van der Waals surface area contributed by atoms with Gasteiger partial charge >= 0.3 is 0 Å². The van der Waals surface area contributed by atoms with Gasteiger partial charge in [0.15, 0.2) is 0 Å². The highest BCUT2D eigenvalue weighted by atomic mass is 14.9. The van der Waals surface area contributed by atoms with E-state index in [1.54, 1.807) is 0 Å². The third-order valence-corrected chi connectivity index (χ3v) is 3.65. The zero-order valence-electron chi connectivity index (χ0n) is 12.6. The van der Waals surface area contributed by atoms with Gasteiger partial charge < -0.3 is 5.32 Å². The van der Waals surface area contributed by atoms with Crippen molar-refractivity contribution in [3.8, 4) is 0 Å². The van der Waals surface area contributed by atoms with Crippen LogP contribution in [0.1, 0.15) is 61.3 Å². The summed E-state index contributed by atoms with van der Waals surface area (Å²) in [6, 6.07) is 0. The topological polar surface area (TPSA) is 12.0 Å². The third kappa shape index (κ3) is 5.89. The quantitative estimate of drug-likeness (QED) is 0.682. The van der Waals surface area contributed by atoms with E-state index in [-0.39, 0.29) is 0 Å².